The third-order valence-electron chi connectivity index (χ3n) is 3.72. The van der Waals surface area contributed by atoms with E-state index in [0.29, 0.717) is 6.54 Å². The van der Waals surface area contributed by atoms with Crippen LogP contribution in [-0.4, -0.2) is 18.6 Å². The third kappa shape index (κ3) is 4.62. The van der Waals surface area contributed by atoms with Gasteiger partial charge in [0.1, 0.15) is 5.75 Å². The first-order valence-corrected chi connectivity index (χ1v) is 7.62. The van der Waals surface area contributed by atoms with Crippen LogP contribution in [-0.2, 0) is 11.2 Å². The van der Waals surface area contributed by atoms with Crippen LogP contribution in [0.25, 0.3) is 0 Å². The number of hydrogen-bond donors (Lipinski definition) is 1. The molecule has 1 atom stereocenters. The predicted octanol–water partition coefficient (Wildman–Crippen LogP) is 3.43. The maximum absolute atomic E-state index is 12.1. The molecule has 0 radical (unpaired) electrons. The smallest absolute Gasteiger partial charge is 0.260 e. The van der Waals surface area contributed by atoms with Crippen molar-refractivity contribution >= 4 is 5.91 Å². The van der Waals surface area contributed by atoms with E-state index in [-0.39, 0.29) is 5.91 Å². The molecule has 22 heavy (non-hydrogen) atoms. The number of hydrogen-bond acceptors (Lipinski definition) is 2. The van der Waals surface area contributed by atoms with Gasteiger partial charge in [0, 0.05) is 6.54 Å². The van der Waals surface area contributed by atoms with Crippen molar-refractivity contribution in [2.45, 2.75) is 33.3 Å². The summed E-state index contributed by atoms with van der Waals surface area (Å²) in [6.07, 6.45) is 0.320. The molecule has 0 aromatic heterocycles. The molecular formula is C19H23NO2. The lowest BCUT2D eigenvalue weighted by atomic mass is 10.1. The molecule has 2 rings (SSSR count). The molecule has 0 aliphatic carbocycles. The Morgan fingerprint density at radius 2 is 1.82 bits per heavy atom. The van der Waals surface area contributed by atoms with Gasteiger partial charge in [-0.25, -0.2) is 0 Å². The molecule has 0 saturated carbocycles. The predicted molar refractivity (Wildman–Crippen MR) is 89.2 cm³/mol. The average Bonchev–Trinajstić information content (AvgIpc) is 2.52. The SMILES string of the molecule is Cc1ccc(O[C@H](C)C(=O)NCCc2ccccc2)cc1C. The first-order valence-electron chi connectivity index (χ1n) is 7.62. The van der Waals surface area contributed by atoms with Crippen molar-refractivity contribution in [3.63, 3.8) is 0 Å². The Hall–Kier alpha value is -2.29. The van der Waals surface area contributed by atoms with E-state index in [4.69, 9.17) is 4.74 Å². The number of benzene rings is 2. The molecule has 3 heteroatoms. The van der Waals surface area contributed by atoms with E-state index in [1.165, 1.54) is 11.1 Å². The van der Waals surface area contributed by atoms with Gasteiger partial charge in [0.2, 0.25) is 0 Å². The van der Waals surface area contributed by atoms with Gasteiger partial charge >= 0.3 is 0 Å². The zero-order valence-corrected chi connectivity index (χ0v) is 13.4. The number of aryl methyl sites for hydroxylation is 2. The molecule has 0 saturated heterocycles. The summed E-state index contributed by atoms with van der Waals surface area (Å²) in [4.78, 5) is 12.1. The lowest BCUT2D eigenvalue weighted by Crippen LogP contribution is -2.37. The van der Waals surface area contributed by atoms with Crippen molar-refractivity contribution < 1.29 is 9.53 Å². The fourth-order valence-electron chi connectivity index (χ4n) is 2.16. The first kappa shape index (κ1) is 16.1. The summed E-state index contributed by atoms with van der Waals surface area (Å²) in [6, 6.07) is 16.0. The Morgan fingerprint density at radius 3 is 2.50 bits per heavy atom. The summed E-state index contributed by atoms with van der Waals surface area (Å²) in [5, 5.41) is 2.91. The van der Waals surface area contributed by atoms with Gasteiger partial charge in [-0.15, -0.1) is 0 Å². The zero-order chi connectivity index (χ0) is 15.9. The van der Waals surface area contributed by atoms with Crippen molar-refractivity contribution in [3.8, 4) is 5.75 Å². The molecule has 3 nitrogen and oxygen atoms in total. The quantitative estimate of drug-likeness (QED) is 0.887. The van der Waals surface area contributed by atoms with Crippen molar-refractivity contribution in [1.82, 2.24) is 5.32 Å². The Kier molecular flexibility index (Phi) is 5.59. The van der Waals surface area contributed by atoms with Crippen LogP contribution >= 0.6 is 0 Å². The molecule has 2 aromatic rings. The summed E-state index contributed by atoms with van der Waals surface area (Å²) < 4.78 is 5.70. The zero-order valence-electron chi connectivity index (χ0n) is 13.4. The van der Waals surface area contributed by atoms with Crippen molar-refractivity contribution in [2.24, 2.45) is 0 Å². The number of carbonyl (C=O) groups excluding carboxylic acids is 1. The number of rotatable bonds is 6. The molecule has 0 aliphatic heterocycles. The highest BCUT2D eigenvalue weighted by Crippen LogP contribution is 2.17. The minimum atomic E-state index is -0.502. The molecule has 2 aromatic carbocycles. The van der Waals surface area contributed by atoms with E-state index in [0.717, 1.165) is 17.7 Å². The number of carbonyl (C=O) groups is 1. The van der Waals surface area contributed by atoms with Gasteiger partial charge in [0.25, 0.3) is 5.91 Å². The Bertz CT molecular complexity index is 623. The van der Waals surface area contributed by atoms with E-state index >= 15 is 0 Å². The first-order chi connectivity index (χ1) is 10.6. The fourth-order valence-corrected chi connectivity index (χ4v) is 2.16. The van der Waals surface area contributed by atoms with E-state index in [1.54, 1.807) is 6.92 Å². The van der Waals surface area contributed by atoms with Crippen LogP contribution in [0.4, 0.5) is 0 Å². The van der Waals surface area contributed by atoms with Crippen LogP contribution in [0.2, 0.25) is 0 Å². The highest BCUT2D eigenvalue weighted by atomic mass is 16.5. The third-order valence-corrected chi connectivity index (χ3v) is 3.72. The maximum Gasteiger partial charge on any atom is 0.260 e. The highest BCUT2D eigenvalue weighted by molar-refractivity contribution is 5.80. The monoisotopic (exact) mass is 297 g/mol. The minimum Gasteiger partial charge on any atom is -0.481 e. The van der Waals surface area contributed by atoms with Crippen molar-refractivity contribution in [3.05, 3.63) is 65.2 Å². The lowest BCUT2D eigenvalue weighted by Gasteiger charge is -2.15. The summed E-state index contributed by atoms with van der Waals surface area (Å²) in [5.41, 5.74) is 3.59. The minimum absolute atomic E-state index is 0.0887. The molecule has 0 fully saturated rings. The molecule has 1 amide bonds. The van der Waals surface area contributed by atoms with Gasteiger partial charge in [-0.1, -0.05) is 36.4 Å². The molecule has 0 unspecified atom stereocenters. The molecule has 0 bridgehead atoms. The van der Waals surface area contributed by atoms with Crippen molar-refractivity contribution in [1.29, 1.82) is 0 Å². The lowest BCUT2D eigenvalue weighted by molar-refractivity contribution is -0.127. The normalized spacial score (nSPS) is 11.8. The van der Waals surface area contributed by atoms with Crippen LogP contribution in [0.3, 0.4) is 0 Å². The largest absolute Gasteiger partial charge is 0.481 e. The van der Waals surface area contributed by atoms with Crippen molar-refractivity contribution in [2.75, 3.05) is 6.54 Å². The molecule has 116 valence electrons. The Morgan fingerprint density at radius 1 is 1.09 bits per heavy atom. The highest BCUT2D eigenvalue weighted by Gasteiger charge is 2.14. The molecular weight excluding hydrogens is 274 g/mol. The second kappa shape index (κ2) is 7.64. The van der Waals surface area contributed by atoms with Gasteiger partial charge in [0.05, 0.1) is 0 Å². The van der Waals surface area contributed by atoms with Gasteiger partial charge in [-0.3, -0.25) is 4.79 Å². The second-order valence-electron chi connectivity index (χ2n) is 5.53. The maximum atomic E-state index is 12.1. The average molecular weight is 297 g/mol. The summed E-state index contributed by atoms with van der Waals surface area (Å²) in [6.45, 7) is 6.47. The molecule has 0 spiro atoms. The van der Waals surface area contributed by atoms with Crippen LogP contribution in [0.15, 0.2) is 48.5 Å². The fraction of sp³-hybridized carbons (Fsp3) is 0.316. The Balaban J connectivity index is 1.80. The Labute approximate surface area is 132 Å². The number of ether oxygens (including phenoxy) is 1. The van der Waals surface area contributed by atoms with Crippen LogP contribution in [0.1, 0.15) is 23.6 Å². The standard InChI is InChI=1S/C19H23NO2/c1-14-9-10-18(13-15(14)2)22-16(3)19(21)20-12-11-17-7-5-4-6-8-17/h4-10,13,16H,11-12H2,1-3H3,(H,20,21)/t16-/m1/s1. The topological polar surface area (TPSA) is 38.3 Å². The van der Waals surface area contributed by atoms with E-state index in [9.17, 15) is 4.79 Å². The number of amides is 1. The van der Waals surface area contributed by atoms with E-state index in [2.05, 4.69) is 24.4 Å². The molecule has 0 aliphatic rings. The van der Waals surface area contributed by atoms with E-state index < -0.39 is 6.10 Å². The van der Waals surface area contributed by atoms with Crippen LogP contribution in [0.5, 0.6) is 5.75 Å². The van der Waals surface area contributed by atoms with Gasteiger partial charge in [0.15, 0.2) is 6.10 Å². The van der Waals surface area contributed by atoms with E-state index in [1.807, 2.05) is 43.3 Å². The summed E-state index contributed by atoms with van der Waals surface area (Å²) in [5.74, 6) is 0.642. The van der Waals surface area contributed by atoms with Gasteiger partial charge < -0.3 is 10.1 Å². The number of nitrogens with one attached hydrogen (secondary N) is 1. The van der Waals surface area contributed by atoms with Gasteiger partial charge in [-0.2, -0.15) is 0 Å². The second-order valence-corrected chi connectivity index (χ2v) is 5.53. The molecule has 1 N–H and O–H groups in total. The summed E-state index contributed by atoms with van der Waals surface area (Å²) >= 11 is 0. The van der Waals surface area contributed by atoms with Crippen LogP contribution < -0.4 is 10.1 Å². The molecule has 0 heterocycles. The summed E-state index contributed by atoms with van der Waals surface area (Å²) in [7, 11) is 0. The van der Waals surface area contributed by atoms with Crippen LogP contribution in [0, 0.1) is 13.8 Å². The van der Waals surface area contributed by atoms with Gasteiger partial charge in [-0.05, 0) is 56.0 Å².